The van der Waals surface area contributed by atoms with Crippen molar-refractivity contribution in [3.8, 4) is 0 Å². The van der Waals surface area contributed by atoms with E-state index in [1.807, 2.05) is 0 Å². The number of imide groups is 1. The van der Waals surface area contributed by atoms with Gasteiger partial charge >= 0.3 is 0 Å². The molecule has 1 heterocycles. The van der Waals surface area contributed by atoms with Crippen LogP contribution >= 0.6 is 31.9 Å². The van der Waals surface area contributed by atoms with Gasteiger partial charge in [0.15, 0.2) is 5.78 Å². The number of hydrogen-bond acceptors (Lipinski definition) is 6. The van der Waals surface area contributed by atoms with Gasteiger partial charge in [-0.15, -0.1) is 0 Å². The van der Waals surface area contributed by atoms with E-state index in [0.29, 0.717) is 5.56 Å². The van der Waals surface area contributed by atoms with Gasteiger partial charge in [-0.25, -0.2) is 5.01 Å². The maximum absolute atomic E-state index is 13.7. The summed E-state index contributed by atoms with van der Waals surface area (Å²) in [5.74, 6) is -3.48. The number of carbonyl (C=O) groups is 4. The molecule has 7 atom stereocenters. The Morgan fingerprint density at radius 2 is 1.47 bits per heavy atom. The van der Waals surface area contributed by atoms with E-state index in [1.165, 1.54) is 31.2 Å². The number of halogens is 2. The molecule has 0 radical (unpaired) electrons. The number of hydrazine groups is 1. The molecule has 3 amide bonds. The third-order valence-electron chi connectivity index (χ3n) is 7.52. The zero-order valence-corrected chi connectivity index (χ0v) is 22.2. The Bertz CT molecular complexity index is 1240. The highest BCUT2D eigenvalue weighted by atomic mass is 79.9. The second-order valence-electron chi connectivity index (χ2n) is 9.35. The van der Waals surface area contributed by atoms with E-state index in [0.717, 1.165) is 16.4 Å². The van der Waals surface area contributed by atoms with Gasteiger partial charge in [0, 0.05) is 32.9 Å². The van der Waals surface area contributed by atoms with Crippen LogP contribution in [0.1, 0.15) is 34.1 Å². The fourth-order valence-corrected chi connectivity index (χ4v) is 7.67. The van der Waals surface area contributed by atoms with Gasteiger partial charge in [0.25, 0.3) is 23.4 Å². The molecule has 3 aliphatic rings. The fraction of sp³-hybridized carbons (Fsp3) is 0.360. The normalized spacial score (nSPS) is 29.2. The van der Waals surface area contributed by atoms with Crippen LogP contribution in [-0.4, -0.2) is 54.1 Å². The predicted molar refractivity (Wildman–Crippen MR) is 135 cm³/mol. The first-order chi connectivity index (χ1) is 17.1. The van der Waals surface area contributed by atoms with Gasteiger partial charge in [-0.2, -0.15) is 5.01 Å². The molecule has 0 spiro atoms. The maximum atomic E-state index is 13.7. The Kier molecular flexibility index (Phi) is 6.32. The first kappa shape index (κ1) is 24.8. The van der Waals surface area contributed by atoms with Gasteiger partial charge < -0.3 is 0 Å². The van der Waals surface area contributed by atoms with Crippen LogP contribution in [0.15, 0.2) is 54.6 Å². The number of fused-ring (bicyclic) bond motifs is 5. The molecular weight excluding hydrogens is 598 g/mol. The summed E-state index contributed by atoms with van der Waals surface area (Å²) in [6.07, 6.45) is 0.723. The number of amides is 3. The number of non-ortho nitro benzene ring substituents is 1. The zero-order chi connectivity index (χ0) is 25.9. The molecule has 1 saturated heterocycles. The molecule has 186 valence electrons. The standard InChI is InChI=1S/C25H21Br2N3O6/c1-12(22(31)13-5-3-2-4-6-13)28(23(32)14-7-9-15(10-8-14)30(35)36)29-24(33)18-16-11-17(19(18)25(29)34)21(27)20(16)26/h2-10,12,16-21H,11H2,1H3/t12-,16-,17-,18-,19+,20-,21+/m1/s1. The van der Waals surface area contributed by atoms with Crippen LogP contribution in [0.2, 0.25) is 0 Å². The monoisotopic (exact) mass is 617 g/mol. The average Bonchev–Trinajstić information content (AvgIpc) is 3.50. The van der Waals surface area contributed by atoms with Crippen molar-refractivity contribution in [3.63, 3.8) is 0 Å². The Hall–Kier alpha value is -2.92. The summed E-state index contributed by atoms with van der Waals surface area (Å²) in [5, 5.41) is 12.8. The molecule has 1 aliphatic heterocycles. The Morgan fingerprint density at radius 3 is 1.97 bits per heavy atom. The van der Waals surface area contributed by atoms with E-state index in [9.17, 15) is 29.3 Å². The summed E-state index contributed by atoms with van der Waals surface area (Å²) in [5.41, 5.74) is 0.134. The minimum Gasteiger partial charge on any atom is -0.292 e. The first-order valence-electron chi connectivity index (χ1n) is 11.5. The highest BCUT2D eigenvalue weighted by Gasteiger charge is 2.68. The van der Waals surface area contributed by atoms with Crippen LogP contribution < -0.4 is 0 Å². The van der Waals surface area contributed by atoms with E-state index in [4.69, 9.17) is 0 Å². The number of alkyl halides is 2. The smallest absolute Gasteiger partial charge is 0.273 e. The van der Waals surface area contributed by atoms with Crippen LogP contribution in [0.25, 0.3) is 0 Å². The van der Waals surface area contributed by atoms with Crippen LogP contribution in [0, 0.1) is 33.8 Å². The van der Waals surface area contributed by atoms with Crippen LogP contribution in [0.3, 0.4) is 0 Å². The second-order valence-corrected chi connectivity index (χ2v) is 11.5. The molecule has 3 fully saturated rings. The van der Waals surface area contributed by atoms with Gasteiger partial charge in [-0.1, -0.05) is 62.2 Å². The summed E-state index contributed by atoms with van der Waals surface area (Å²) in [6, 6.07) is 12.0. The number of nitro benzene ring substituents is 1. The quantitative estimate of drug-likeness (QED) is 0.159. The number of Topliss-reactive ketones (excluding diaryl/α,β-unsaturated/α-hetero) is 1. The lowest BCUT2D eigenvalue weighted by molar-refractivity contribution is -0.384. The van der Waals surface area contributed by atoms with Crippen molar-refractivity contribution in [3.05, 3.63) is 75.8 Å². The molecule has 2 saturated carbocycles. The number of rotatable bonds is 6. The fourth-order valence-electron chi connectivity index (χ4n) is 5.80. The number of ketones is 1. The average molecular weight is 619 g/mol. The Labute approximate surface area is 223 Å². The summed E-state index contributed by atoms with van der Waals surface area (Å²) in [6.45, 7) is 1.47. The van der Waals surface area contributed by atoms with Gasteiger partial charge in [-0.05, 0) is 37.3 Å². The van der Waals surface area contributed by atoms with Crippen LogP contribution in [0.5, 0.6) is 0 Å². The predicted octanol–water partition coefficient (Wildman–Crippen LogP) is 4.00. The minimum atomic E-state index is -1.18. The summed E-state index contributed by atoms with van der Waals surface area (Å²) >= 11 is 7.30. The molecule has 0 unspecified atom stereocenters. The Morgan fingerprint density at radius 1 is 0.944 bits per heavy atom. The van der Waals surface area contributed by atoms with Crippen LogP contribution in [0.4, 0.5) is 5.69 Å². The molecule has 36 heavy (non-hydrogen) atoms. The van der Waals surface area contributed by atoms with E-state index in [-0.39, 0.29) is 32.7 Å². The lowest BCUT2D eigenvalue weighted by atomic mass is 9.81. The van der Waals surface area contributed by atoms with Gasteiger partial charge in [-0.3, -0.25) is 29.3 Å². The summed E-state index contributed by atoms with van der Waals surface area (Å²) < 4.78 is 0. The topological polar surface area (TPSA) is 118 Å². The molecule has 2 bridgehead atoms. The van der Waals surface area contributed by atoms with Crippen molar-refractivity contribution in [2.45, 2.75) is 29.0 Å². The number of benzene rings is 2. The molecule has 2 aromatic carbocycles. The Balaban J connectivity index is 1.55. The molecule has 0 aromatic heterocycles. The molecule has 5 rings (SSSR count). The van der Waals surface area contributed by atoms with Gasteiger partial charge in [0.2, 0.25) is 0 Å². The second kappa shape index (κ2) is 9.19. The zero-order valence-electron chi connectivity index (χ0n) is 19.0. The number of hydrogen-bond donors (Lipinski definition) is 0. The van der Waals surface area contributed by atoms with E-state index >= 15 is 0 Å². The molecule has 2 aromatic rings. The first-order valence-corrected chi connectivity index (χ1v) is 13.3. The molecule has 9 nitrogen and oxygen atoms in total. The summed E-state index contributed by atoms with van der Waals surface area (Å²) in [7, 11) is 0. The third kappa shape index (κ3) is 3.71. The highest BCUT2D eigenvalue weighted by Crippen LogP contribution is 2.60. The molecule has 2 aliphatic carbocycles. The number of nitro groups is 1. The highest BCUT2D eigenvalue weighted by molar-refractivity contribution is 9.12. The van der Waals surface area contributed by atoms with E-state index < -0.39 is 46.3 Å². The lowest BCUT2D eigenvalue weighted by Crippen LogP contribution is -2.56. The van der Waals surface area contributed by atoms with Crippen molar-refractivity contribution in [1.82, 2.24) is 10.0 Å². The molecular formula is C25H21Br2N3O6. The van der Waals surface area contributed by atoms with E-state index in [1.54, 1.807) is 30.3 Å². The van der Waals surface area contributed by atoms with Crippen molar-refractivity contribution in [1.29, 1.82) is 0 Å². The van der Waals surface area contributed by atoms with Crippen molar-refractivity contribution < 1.29 is 24.1 Å². The third-order valence-corrected chi connectivity index (χ3v) is 10.7. The summed E-state index contributed by atoms with van der Waals surface area (Å²) in [4.78, 5) is 65.0. The van der Waals surface area contributed by atoms with Crippen molar-refractivity contribution >= 4 is 61.1 Å². The number of nitrogens with zero attached hydrogens (tertiary/aromatic N) is 3. The van der Waals surface area contributed by atoms with E-state index in [2.05, 4.69) is 31.9 Å². The molecule has 11 heteroatoms. The molecule has 0 N–H and O–H groups in total. The van der Waals surface area contributed by atoms with Crippen LogP contribution in [-0.2, 0) is 9.59 Å². The van der Waals surface area contributed by atoms with Gasteiger partial charge in [0.1, 0.15) is 6.04 Å². The van der Waals surface area contributed by atoms with Crippen molar-refractivity contribution in [2.75, 3.05) is 0 Å². The maximum Gasteiger partial charge on any atom is 0.273 e. The number of carbonyl (C=O) groups excluding carboxylic acids is 4. The van der Waals surface area contributed by atoms with Gasteiger partial charge in [0.05, 0.1) is 16.8 Å². The van der Waals surface area contributed by atoms with Crippen molar-refractivity contribution in [2.24, 2.45) is 23.7 Å². The minimum absolute atomic E-state index is 0.0163. The largest absolute Gasteiger partial charge is 0.292 e. The SMILES string of the molecule is C[C@H](C(=O)c1ccccc1)N(C(=O)c1ccc([N+](=O)[O-])cc1)N1C(=O)[C@@H]2[C@H]3C[C@@H]([C@H](Br)[C@@H]3Br)[C@@H]2C1=O. The lowest BCUT2D eigenvalue weighted by Gasteiger charge is -2.35.